The van der Waals surface area contributed by atoms with Gasteiger partial charge >= 0.3 is 5.69 Å². The van der Waals surface area contributed by atoms with E-state index in [1.807, 2.05) is 6.08 Å². The molecule has 0 aliphatic carbocycles. The summed E-state index contributed by atoms with van der Waals surface area (Å²) >= 11 is 0. The third-order valence-corrected chi connectivity index (χ3v) is 3.88. The molecule has 1 aromatic rings. The summed E-state index contributed by atoms with van der Waals surface area (Å²) in [6, 6.07) is 0. The molecule has 0 aromatic carbocycles. The zero-order valence-corrected chi connectivity index (χ0v) is 12.6. The quantitative estimate of drug-likeness (QED) is 0.447. The van der Waals surface area contributed by atoms with E-state index >= 15 is 0 Å². The predicted molar refractivity (Wildman–Crippen MR) is 85.3 cm³/mol. The van der Waals surface area contributed by atoms with Crippen LogP contribution < -0.4 is 16.7 Å². The average Bonchev–Trinajstić information content (AvgIpc) is 2.75. The number of hydrogen-bond donors (Lipinski definition) is 5. The first-order valence-electron chi connectivity index (χ1n) is 7.34. The molecule has 0 spiro atoms. The maximum absolute atomic E-state index is 12.1. The number of nitrogens with two attached hydrogens (primary N) is 1. The van der Waals surface area contributed by atoms with Crippen molar-refractivity contribution in [3.05, 3.63) is 52.7 Å². The molecule has 24 heavy (non-hydrogen) atoms. The summed E-state index contributed by atoms with van der Waals surface area (Å²) in [5, 5.41) is 32.1. The Morgan fingerprint density at radius 1 is 1.29 bits per heavy atom. The Morgan fingerprint density at radius 3 is 2.79 bits per heavy atom. The number of aromatic nitrogens is 2. The third-order valence-electron chi connectivity index (χ3n) is 3.88. The molecular weight excluding hydrogens is 316 g/mol. The molecule has 2 aliphatic rings. The van der Waals surface area contributed by atoms with Gasteiger partial charge in [-0.15, -0.1) is 0 Å². The standard InChI is InChI=1S/C15H18N4O5/c16-13-8(9-4-2-1-3-5-17-9)6-19(15(23)18-13)14-12(22)11(21)10(7-20)24-14/h1-6,10-12,14,17,20-22H,7H2,(H2,16,18,23)/t10-,11-,12-,14-/m1/s1. The maximum atomic E-state index is 12.1. The molecule has 0 radical (unpaired) electrons. The smallest absolute Gasteiger partial charge is 0.351 e. The van der Waals surface area contributed by atoms with Gasteiger partial charge in [0.15, 0.2) is 6.23 Å². The van der Waals surface area contributed by atoms with Crippen molar-refractivity contribution in [3.8, 4) is 0 Å². The van der Waals surface area contributed by atoms with Crippen LogP contribution in [-0.2, 0) is 4.74 Å². The molecule has 9 heteroatoms. The van der Waals surface area contributed by atoms with Gasteiger partial charge in [-0.2, -0.15) is 4.98 Å². The molecule has 3 heterocycles. The van der Waals surface area contributed by atoms with Crippen molar-refractivity contribution in [1.29, 1.82) is 0 Å². The van der Waals surface area contributed by atoms with E-state index in [0.717, 1.165) is 4.57 Å². The number of nitrogens with one attached hydrogen (secondary N) is 1. The molecule has 2 aliphatic heterocycles. The van der Waals surface area contributed by atoms with Crippen LogP contribution in [0.2, 0.25) is 0 Å². The minimum absolute atomic E-state index is 0.0189. The second kappa shape index (κ2) is 6.57. The van der Waals surface area contributed by atoms with Crippen molar-refractivity contribution in [2.24, 2.45) is 0 Å². The van der Waals surface area contributed by atoms with Gasteiger partial charge in [-0.25, -0.2) is 4.79 Å². The highest BCUT2D eigenvalue weighted by atomic mass is 16.6. The van der Waals surface area contributed by atoms with Gasteiger partial charge in [0.05, 0.1) is 17.9 Å². The summed E-state index contributed by atoms with van der Waals surface area (Å²) in [5.74, 6) is 0.0189. The molecule has 0 bridgehead atoms. The summed E-state index contributed by atoms with van der Waals surface area (Å²) in [4.78, 5) is 15.9. The molecule has 6 N–H and O–H groups in total. The van der Waals surface area contributed by atoms with Gasteiger partial charge in [0, 0.05) is 12.4 Å². The Bertz CT molecular complexity index is 770. The number of aliphatic hydroxyl groups excluding tert-OH is 3. The molecule has 0 amide bonds. The first kappa shape index (κ1) is 16.4. The fourth-order valence-electron chi connectivity index (χ4n) is 2.61. The van der Waals surface area contributed by atoms with Crippen molar-refractivity contribution < 1.29 is 20.1 Å². The van der Waals surface area contributed by atoms with Gasteiger partial charge in [-0.1, -0.05) is 12.2 Å². The van der Waals surface area contributed by atoms with E-state index in [1.165, 1.54) is 6.20 Å². The number of ether oxygens (including phenoxy) is 1. The Morgan fingerprint density at radius 2 is 2.08 bits per heavy atom. The topological polar surface area (TPSA) is 143 Å². The fraction of sp³-hybridized carbons (Fsp3) is 0.333. The maximum Gasteiger partial charge on any atom is 0.351 e. The lowest BCUT2D eigenvalue weighted by molar-refractivity contribution is -0.0549. The van der Waals surface area contributed by atoms with Crippen LogP contribution in [0, 0.1) is 0 Å². The minimum atomic E-state index is -1.38. The molecular formula is C15H18N4O5. The third kappa shape index (κ3) is 2.85. The van der Waals surface area contributed by atoms with E-state index in [-0.39, 0.29) is 5.82 Å². The molecule has 4 atom stereocenters. The number of hydrogen-bond acceptors (Lipinski definition) is 8. The van der Waals surface area contributed by atoms with Crippen molar-refractivity contribution in [3.63, 3.8) is 0 Å². The van der Waals surface area contributed by atoms with Crippen molar-refractivity contribution >= 4 is 11.5 Å². The molecule has 0 unspecified atom stereocenters. The molecule has 1 saturated heterocycles. The van der Waals surface area contributed by atoms with E-state index in [9.17, 15) is 15.0 Å². The highest BCUT2D eigenvalue weighted by Crippen LogP contribution is 2.29. The van der Waals surface area contributed by atoms with Gasteiger partial charge in [0.1, 0.15) is 24.1 Å². The fourth-order valence-corrected chi connectivity index (χ4v) is 2.61. The van der Waals surface area contributed by atoms with Crippen LogP contribution in [0.4, 0.5) is 5.82 Å². The lowest BCUT2D eigenvalue weighted by Crippen LogP contribution is -2.36. The first-order valence-corrected chi connectivity index (χ1v) is 7.34. The predicted octanol–water partition coefficient (Wildman–Crippen LogP) is -1.55. The SMILES string of the molecule is Nc1nc(=O)n([C@@H]2O[C@H](CO)[C@@H](O)[C@H]2O)cc1C1=CC=CC=CN1. The molecule has 3 rings (SSSR count). The van der Waals surface area contributed by atoms with Crippen LogP contribution in [0.3, 0.4) is 0 Å². The Kier molecular flexibility index (Phi) is 4.49. The minimum Gasteiger partial charge on any atom is -0.394 e. The van der Waals surface area contributed by atoms with Crippen LogP contribution in [-0.4, -0.2) is 49.8 Å². The number of rotatable bonds is 3. The number of nitrogens with zero attached hydrogens (tertiary/aromatic N) is 2. The van der Waals surface area contributed by atoms with Crippen LogP contribution in [0.5, 0.6) is 0 Å². The van der Waals surface area contributed by atoms with Gasteiger partial charge in [0.25, 0.3) is 0 Å². The van der Waals surface area contributed by atoms with Crippen LogP contribution in [0.25, 0.3) is 5.70 Å². The normalized spacial score (nSPS) is 29.2. The molecule has 9 nitrogen and oxygen atoms in total. The molecule has 1 fully saturated rings. The van der Waals surface area contributed by atoms with Crippen molar-refractivity contribution in [2.45, 2.75) is 24.5 Å². The zero-order valence-electron chi connectivity index (χ0n) is 12.6. The largest absolute Gasteiger partial charge is 0.394 e. The van der Waals surface area contributed by atoms with Gasteiger partial charge in [-0.3, -0.25) is 4.57 Å². The summed E-state index contributed by atoms with van der Waals surface area (Å²) in [6.07, 6.45) is 5.37. The lowest BCUT2D eigenvalue weighted by atomic mass is 10.1. The summed E-state index contributed by atoms with van der Waals surface area (Å²) in [5.41, 5.74) is 6.15. The number of allylic oxidation sites excluding steroid dienone is 4. The van der Waals surface area contributed by atoms with E-state index in [4.69, 9.17) is 15.6 Å². The molecule has 128 valence electrons. The Labute approximate surface area is 137 Å². The summed E-state index contributed by atoms with van der Waals surface area (Å²) in [6.45, 7) is -0.485. The highest BCUT2D eigenvalue weighted by Gasteiger charge is 2.44. The van der Waals surface area contributed by atoms with E-state index < -0.39 is 36.8 Å². The Balaban J connectivity index is 2.02. The summed E-state index contributed by atoms with van der Waals surface area (Å²) < 4.78 is 6.42. The van der Waals surface area contributed by atoms with Crippen molar-refractivity contribution in [2.75, 3.05) is 12.3 Å². The van der Waals surface area contributed by atoms with E-state index in [0.29, 0.717) is 11.3 Å². The number of nitrogen functional groups attached to an aromatic ring is 1. The van der Waals surface area contributed by atoms with Crippen LogP contribution in [0.1, 0.15) is 11.8 Å². The van der Waals surface area contributed by atoms with Crippen LogP contribution in [0.15, 0.2) is 41.5 Å². The lowest BCUT2D eigenvalue weighted by Gasteiger charge is -2.19. The number of aliphatic hydroxyl groups is 3. The molecule has 1 aromatic heterocycles. The van der Waals surface area contributed by atoms with E-state index in [2.05, 4.69) is 10.3 Å². The monoisotopic (exact) mass is 334 g/mol. The average molecular weight is 334 g/mol. The zero-order chi connectivity index (χ0) is 17.3. The van der Waals surface area contributed by atoms with Crippen molar-refractivity contribution in [1.82, 2.24) is 14.9 Å². The highest BCUT2D eigenvalue weighted by molar-refractivity contribution is 5.73. The molecule has 0 saturated carbocycles. The Hall–Kier alpha value is -2.46. The van der Waals surface area contributed by atoms with Gasteiger partial charge in [0.2, 0.25) is 0 Å². The van der Waals surface area contributed by atoms with E-state index in [1.54, 1.807) is 24.4 Å². The number of anilines is 1. The summed E-state index contributed by atoms with van der Waals surface area (Å²) in [7, 11) is 0. The second-order valence-corrected chi connectivity index (χ2v) is 5.43. The van der Waals surface area contributed by atoms with Gasteiger partial charge < -0.3 is 31.1 Å². The first-order chi connectivity index (χ1) is 11.5. The second-order valence-electron chi connectivity index (χ2n) is 5.43. The van der Waals surface area contributed by atoms with Gasteiger partial charge in [-0.05, 0) is 12.2 Å². The van der Waals surface area contributed by atoms with Crippen LogP contribution >= 0.6 is 0 Å².